The number of hydrogen-bond donors (Lipinski definition) is 1. The van der Waals surface area contributed by atoms with Crippen LogP contribution >= 0.6 is 0 Å². The molecule has 0 atom stereocenters. The lowest BCUT2D eigenvalue weighted by molar-refractivity contribution is 0.102. The minimum atomic E-state index is -0.351. The normalized spacial score (nSPS) is 10.4. The summed E-state index contributed by atoms with van der Waals surface area (Å²) in [5.74, 6) is 0.296. The lowest BCUT2D eigenvalue weighted by Crippen LogP contribution is -2.22. The van der Waals surface area contributed by atoms with Crippen LogP contribution in [0, 0.1) is 6.92 Å². The van der Waals surface area contributed by atoms with Crippen molar-refractivity contribution < 1.29 is 9.53 Å². The number of nitrogens with one attached hydrogen (secondary N) is 1. The van der Waals surface area contributed by atoms with Gasteiger partial charge in [0.25, 0.3) is 11.5 Å². The lowest BCUT2D eigenvalue weighted by Gasteiger charge is -2.07. The molecule has 27 heavy (non-hydrogen) atoms. The van der Waals surface area contributed by atoms with E-state index < -0.39 is 0 Å². The molecule has 1 aromatic heterocycles. The summed E-state index contributed by atoms with van der Waals surface area (Å²) in [4.78, 5) is 25.4. The van der Waals surface area contributed by atoms with Crippen molar-refractivity contribution in [2.45, 2.75) is 6.92 Å². The first-order valence-corrected chi connectivity index (χ1v) is 8.52. The van der Waals surface area contributed by atoms with E-state index in [1.54, 1.807) is 49.0 Å². The highest BCUT2D eigenvalue weighted by molar-refractivity contribution is 6.04. The lowest BCUT2D eigenvalue weighted by atomic mass is 10.2. The monoisotopic (exact) mass is 363 g/mol. The molecule has 0 unspecified atom stereocenters. The third kappa shape index (κ3) is 3.69. The van der Waals surface area contributed by atoms with Crippen molar-refractivity contribution in [3.63, 3.8) is 0 Å². The molecule has 0 saturated carbocycles. The van der Waals surface area contributed by atoms with Crippen molar-refractivity contribution in [1.29, 1.82) is 0 Å². The Kier molecular flexibility index (Phi) is 5.26. The van der Waals surface area contributed by atoms with E-state index in [4.69, 9.17) is 4.74 Å². The number of amides is 1. The Balaban J connectivity index is 1.87. The number of carbonyl (C=O) groups is 1. The molecule has 1 amide bonds. The number of anilines is 1. The van der Waals surface area contributed by atoms with Gasteiger partial charge in [0.2, 0.25) is 0 Å². The predicted octanol–water partition coefficient (Wildman–Crippen LogP) is 3.30. The number of aromatic nitrogens is 2. The Hall–Kier alpha value is -3.54. The first kappa shape index (κ1) is 18.3. The minimum absolute atomic E-state index is 0.262. The largest absolute Gasteiger partial charge is 0.490 e. The molecule has 2 aromatic carbocycles. The highest BCUT2D eigenvalue weighted by atomic mass is 16.5. The molecule has 6 heteroatoms. The molecular weight excluding hydrogens is 342 g/mol. The third-order valence-electron chi connectivity index (χ3n) is 4.28. The summed E-state index contributed by atoms with van der Waals surface area (Å²) in [6.07, 6.45) is 1.65. The van der Waals surface area contributed by atoms with Crippen LogP contribution in [0.4, 0.5) is 5.69 Å². The van der Waals surface area contributed by atoms with Crippen molar-refractivity contribution in [3.05, 3.63) is 88.9 Å². The van der Waals surface area contributed by atoms with E-state index in [2.05, 4.69) is 11.9 Å². The molecule has 0 saturated heterocycles. The number of nitrogens with zero attached hydrogens (tertiary/aromatic N) is 2. The fraction of sp³-hybridized carbons (Fsp3) is 0.143. The number of hydrogen-bond acceptors (Lipinski definition) is 3. The summed E-state index contributed by atoms with van der Waals surface area (Å²) in [5, 5.41) is 2.74. The number of para-hydroxylation sites is 1. The highest BCUT2D eigenvalue weighted by Crippen LogP contribution is 2.17. The maximum absolute atomic E-state index is 12.8. The fourth-order valence-electron chi connectivity index (χ4n) is 2.76. The minimum Gasteiger partial charge on any atom is -0.490 e. The molecule has 3 rings (SSSR count). The van der Waals surface area contributed by atoms with Gasteiger partial charge in [-0.1, -0.05) is 30.9 Å². The van der Waals surface area contributed by atoms with Crippen molar-refractivity contribution in [2.24, 2.45) is 7.05 Å². The van der Waals surface area contributed by atoms with Gasteiger partial charge in [0, 0.05) is 12.6 Å². The van der Waals surface area contributed by atoms with Gasteiger partial charge in [-0.25, -0.2) is 4.68 Å². The zero-order chi connectivity index (χ0) is 19.4. The standard InChI is InChI=1S/C21H21N3O3/c1-4-14-27-18-12-10-16(11-13-18)20(25)22-19-15(2)23(3)24(21(19)26)17-8-6-5-7-9-17/h4-13H,1,14H2,2-3H3,(H,22,25). The molecule has 0 radical (unpaired) electrons. The Bertz CT molecular complexity index is 1020. The number of ether oxygens (including phenoxy) is 1. The maximum Gasteiger partial charge on any atom is 0.295 e. The zero-order valence-corrected chi connectivity index (χ0v) is 15.3. The molecular formula is C21H21N3O3. The van der Waals surface area contributed by atoms with Crippen LogP contribution in [-0.2, 0) is 7.05 Å². The Labute approximate surface area is 157 Å². The van der Waals surface area contributed by atoms with Crippen LogP contribution in [0.5, 0.6) is 5.75 Å². The molecule has 0 aliphatic carbocycles. The summed E-state index contributed by atoms with van der Waals surface area (Å²) < 4.78 is 8.65. The van der Waals surface area contributed by atoms with Gasteiger partial charge < -0.3 is 10.1 Å². The van der Waals surface area contributed by atoms with Crippen molar-refractivity contribution in [1.82, 2.24) is 9.36 Å². The van der Waals surface area contributed by atoms with E-state index in [0.29, 0.717) is 23.6 Å². The van der Waals surface area contributed by atoms with E-state index in [1.165, 1.54) is 4.68 Å². The molecule has 0 spiro atoms. The first-order valence-electron chi connectivity index (χ1n) is 8.52. The zero-order valence-electron chi connectivity index (χ0n) is 15.3. The van der Waals surface area contributed by atoms with E-state index in [-0.39, 0.29) is 17.2 Å². The van der Waals surface area contributed by atoms with E-state index >= 15 is 0 Å². The Morgan fingerprint density at radius 3 is 2.44 bits per heavy atom. The van der Waals surface area contributed by atoms with Crippen LogP contribution in [0.15, 0.2) is 72.0 Å². The number of benzene rings is 2. The van der Waals surface area contributed by atoms with Crippen molar-refractivity contribution in [3.8, 4) is 11.4 Å². The van der Waals surface area contributed by atoms with Gasteiger partial charge in [0.05, 0.1) is 11.4 Å². The van der Waals surface area contributed by atoms with Crippen molar-refractivity contribution >= 4 is 11.6 Å². The van der Waals surface area contributed by atoms with Crippen LogP contribution in [0.25, 0.3) is 5.69 Å². The van der Waals surface area contributed by atoms with E-state index in [1.807, 2.05) is 30.3 Å². The fourth-order valence-corrected chi connectivity index (χ4v) is 2.76. The summed E-state index contributed by atoms with van der Waals surface area (Å²) in [5.41, 5.74) is 1.83. The molecule has 0 bridgehead atoms. The van der Waals surface area contributed by atoms with Gasteiger partial charge >= 0.3 is 0 Å². The van der Waals surface area contributed by atoms with Crippen molar-refractivity contribution in [2.75, 3.05) is 11.9 Å². The van der Waals surface area contributed by atoms with E-state index in [0.717, 1.165) is 5.69 Å². The Morgan fingerprint density at radius 1 is 1.15 bits per heavy atom. The first-order chi connectivity index (χ1) is 13.0. The van der Waals surface area contributed by atoms with Crippen LogP contribution in [0.3, 0.4) is 0 Å². The molecule has 0 aliphatic heterocycles. The van der Waals surface area contributed by atoms with Gasteiger partial charge in [0.1, 0.15) is 18.0 Å². The van der Waals surface area contributed by atoms with Gasteiger partial charge in [-0.15, -0.1) is 0 Å². The average Bonchev–Trinajstić information content (AvgIpc) is 2.90. The summed E-state index contributed by atoms with van der Waals surface area (Å²) in [6.45, 7) is 5.78. The van der Waals surface area contributed by atoms with Gasteiger partial charge in [0.15, 0.2) is 0 Å². The maximum atomic E-state index is 12.8. The van der Waals surface area contributed by atoms with Crippen LogP contribution in [-0.4, -0.2) is 21.9 Å². The highest BCUT2D eigenvalue weighted by Gasteiger charge is 2.18. The van der Waals surface area contributed by atoms with Gasteiger partial charge in [-0.05, 0) is 43.3 Å². The molecule has 138 valence electrons. The summed E-state index contributed by atoms with van der Waals surface area (Å²) >= 11 is 0. The number of rotatable bonds is 6. The third-order valence-corrected chi connectivity index (χ3v) is 4.28. The molecule has 6 nitrogen and oxygen atoms in total. The molecule has 1 N–H and O–H groups in total. The second-order valence-corrected chi connectivity index (χ2v) is 6.01. The van der Waals surface area contributed by atoms with E-state index in [9.17, 15) is 9.59 Å². The quantitative estimate of drug-likeness (QED) is 0.684. The van der Waals surface area contributed by atoms with Gasteiger partial charge in [-0.2, -0.15) is 0 Å². The van der Waals surface area contributed by atoms with Crippen LogP contribution < -0.4 is 15.6 Å². The predicted molar refractivity (Wildman–Crippen MR) is 106 cm³/mol. The second kappa shape index (κ2) is 7.78. The topological polar surface area (TPSA) is 65.3 Å². The average molecular weight is 363 g/mol. The second-order valence-electron chi connectivity index (χ2n) is 6.01. The SMILES string of the molecule is C=CCOc1ccc(C(=O)Nc2c(C)n(C)n(-c3ccccc3)c2=O)cc1. The Morgan fingerprint density at radius 2 is 1.81 bits per heavy atom. The molecule has 3 aromatic rings. The van der Waals surface area contributed by atoms with Gasteiger partial charge in [-0.3, -0.25) is 14.3 Å². The summed E-state index contributed by atoms with van der Waals surface area (Å²) in [7, 11) is 1.78. The number of carbonyl (C=O) groups excluding carboxylic acids is 1. The smallest absolute Gasteiger partial charge is 0.295 e. The molecule has 0 aliphatic rings. The van der Waals surface area contributed by atoms with Crippen LogP contribution in [0.2, 0.25) is 0 Å². The molecule has 1 heterocycles. The van der Waals surface area contributed by atoms with Crippen LogP contribution in [0.1, 0.15) is 16.1 Å². The molecule has 0 fully saturated rings. The summed E-state index contributed by atoms with van der Waals surface area (Å²) in [6, 6.07) is 16.0.